The van der Waals surface area contributed by atoms with E-state index in [1.165, 1.54) is 37.7 Å². The van der Waals surface area contributed by atoms with Gasteiger partial charge < -0.3 is 4.74 Å². The zero-order valence-corrected chi connectivity index (χ0v) is 13.0. The highest BCUT2D eigenvalue weighted by Gasteiger charge is 2.06. The van der Waals surface area contributed by atoms with Crippen LogP contribution in [0.2, 0.25) is 0 Å². The topological polar surface area (TPSA) is 26.3 Å². The Kier molecular flexibility index (Phi) is 8.77. The number of rotatable bonds is 10. The van der Waals surface area contributed by atoms with Gasteiger partial charge >= 0.3 is 5.97 Å². The number of hydrogen-bond acceptors (Lipinski definition) is 2. The highest BCUT2D eigenvalue weighted by Crippen LogP contribution is 2.09. The number of ether oxygens (including phenoxy) is 1. The molecule has 0 aliphatic heterocycles. The predicted molar refractivity (Wildman–Crippen MR) is 84.1 cm³/mol. The second-order valence-electron chi connectivity index (χ2n) is 5.31. The molecule has 0 bridgehead atoms. The zero-order valence-electron chi connectivity index (χ0n) is 13.0. The molecule has 0 spiro atoms. The molecule has 1 aromatic carbocycles. The number of benzene rings is 1. The monoisotopic (exact) mass is 276 g/mol. The van der Waals surface area contributed by atoms with Crippen molar-refractivity contribution in [1.29, 1.82) is 0 Å². The zero-order chi connectivity index (χ0) is 14.6. The first-order valence-corrected chi connectivity index (χ1v) is 8.04. The van der Waals surface area contributed by atoms with E-state index in [-0.39, 0.29) is 5.97 Å². The summed E-state index contributed by atoms with van der Waals surface area (Å²) in [6, 6.07) is 7.69. The smallest absolute Gasteiger partial charge is 0.338 e. The average molecular weight is 276 g/mol. The van der Waals surface area contributed by atoms with Crippen molar-refractivity contribution in [2.45, 2.75) is 65.2 Å². The second kappa shape index (κ2) is 10.5. The first kappa shape index (κ1) is 16.7. The molecule has 0 fully saturated rings. The Morgan fingerprint density at radius 2 is 1.50 bits per heavy atom. The lowest BCUT2D eigenvalue weighted by molar-refractivity contribution is 0.0497. The molecule has 0 aliphatic carbocycles. The van der Waals surface area contributed by atoms with Crippen LogP contribution >= 0.6 is 0 Å². The van der Waals surface area contributed by atoms with Gasteiger partial charge in [-0.25, -0.2) is 4.79 Å². The van der Waals surface area contributed by atoms with Crippen molar-refractivity contribution in [1.82, 2.24) is 0 Å². The minimum Gasteiger partial charge on any atom is -0.462 e. The summed E-state index contributed by atoms with van der Waals surface area (Å²) in [5.74, 6) is -0.196. The Hall–Kier alpha value is -1.31. The van der Waals surface area contributed by atoms with Crippen LogP contribution in [0.15, 0.2) is 24.3 Å². The summed E-state index contributed by atoms with van der Waals surface area (Å²) in [7, 11) is 0. The fraction of sp³-hybridized carbons (Fsp3) is 0.611. The molecule has 0 unspecified atom stereocenters. The van der Waals surface area contributed by atoms with Gasteiger partial charge in [0.2, 0.25) is 0 Å². The van der Waals surface area contributed by atoms with Crippen LogP contribution in [0.25, 0.3) is 0 Å². The summed E-state index contributed by atoms with van der Waals surface area (Å²) in [4.78, 5) is 11.8. The van der Waals surface area contributed by atoms with Crippen molar-refractivity contribution in [3.63, 3.8) is 0 Å². The number of aryl methyl sites for hydroxylation is 1. The molecule has 112 valence electrons. The summed E-state index contributed by atoms with van der Waals surface area (Å²) < 4.78 is 5.29. The minimum absolute atomic E-state index is 0.196. The van der Waals surface area contributed by atoms with E-state index in [0.29, 0.717) is 12.2 Å². The van der Waals surface area contributed by atoms with Crippen molar-refractivity contribution in [2.24, 2.45) is 0 Å². The van der Waals surface area contributed by atoms with Gasteiger partial charge in [-0.05, 0) is 30.5 Å². The van der Waals surface area contributed by atoms with Crippen molar-refractivity contribution in [2.75, 3.05) is 6.61 Å². The molecule has 2 heteroatoms. The lowest BCUT2D eigenvalue weighted by atomic mass is 10.1. The van der Waals surface area contributed by atoms with E-state index in [0.717, 1.165) is 19.3 Å². The standard InChI is InChI=1S/C18H28O2/c1-3-5-6-7-8-9-10-15-20-18(19)17-13-11-16(4-2)12-14-17/h11-14H,3-10,15H2,1-2H3. The van der Waals surface area contributed by atoms with E-state index in [4.69, 9.17) is 4.74 Å². The molecule has 0 atom stereocenters. The molecule has 20 heavy (non-hydrogen) atoms. The average Bonchev–Trinajstić information content (AvgIpc) is 2.50. The van der Waals surface area contributed by atoms with Crippen LogP contribution in [-0.2, 0) is 11.2 Å². The predicted octanol–water partition coefficient (Wildman–Crippen LogP) is 5.16. The van der Waals surface area contributed by atoms with Crippen molar-refractivity contribution >= 4 is 5.97 Å². The van der Waals surface area contributed by atoms with E-state index in [9.17, 15) is 4.79 Å². The van der Waals surface area contributed by atoms with E-state index in [2.05, 4.69) is 13.8 Å². The molecule has 2 nitrogen and oxygen atoms in total. The molecule has 0 radical (unpaired) electrons. The fourth-order valence-electron chi connectivity index (χ4n) is 2.18. The first-order valence-electron chi connectivity index (χ1n) is 8.04. The quantitative estimate of drug-likeness (QED) is 0.436. The summed E-state index contributed by atoms with van der Waals surface area (Å²) >= 11 is 0. The molecular weight excluding hydrogens is 248 g/mol. The van der Waals surface area contributed by atoms with Gasteiger partial charge in [0.05, 0.1) is 12.2 Å². The van der Waals surface area contributed by atoms with Crippen molar-refractivity contribution < 1.29 is 9.53 Å². The molecule has 0 N–H and O–H groups in total. The van der Waals surface area contributed by atoms with Crippen LogP contribution < -0.4 is 0 Å². The lowest BCUT2D eigenvalue weighted by Crippen LogP contribution is -2.06. The largest absolute Gasteiger partial charge is 0.462 e. The summed E-state index contributed by atoms with van der Waals surface area (Å²) in [5.41, 5.74) is 1.90. The van der Waals surface area contributed by atoms with Crippen molar-refractivity contribution in [3.05, 3.63) is 35.4 Å². The molecule has 0 amide bonds. The SMILES string of the molecule is CCCCCCCCCOC(=O)c1ccc(CC)cc1. The highest BCUT2D eigenvalue weighted by molar-refractivity contribution is 5.89. The number of hydrogen-bond donors (Lipinski definition) is 0. The van der Waals surface area contributed by atoms with Crippen LogP contribution in [0.5, 0.6) is 0 Å². The van der Waals surface area contributed by atoms with Gasteiger partial charge in [-0.3, -0.25) is 0 Å². The Morgan fingerprint density at radius 1 is 0.900 bits per heavy atom. The third-order valence-corrected chi connectivity index (χ3v) is 3.58. The molecule has 1 aromatic rings. The van der Waals surface area contributed by atoms with Crippen LogP contribution in [0.3, 0.4) is 0 Å². The second-order valence-corrected chi connectivity index (χ2v) is 5.31. The molecule has 0 saturated heterocycles. The highest BCUT2D eigenvalue weighted by atomic mass is 16.5. The van der Waals surface area contributed by atoms with Gasteiger partial charge in [-0.1, -0.05) is 64.5 Å². The Labute approximate surface area is 123 Å². The third-order valence-electron chi connectivity index (χ3n) is 3.58. The summed E-state index contributed by atoms with van der Waals surface area (Å²) in [6.45, 7) is 4.88. The van der Waals surface area contributed by atoms with Crippen LogP contribution in [-0.4, -0.2) is 12.6 Å². The van der Waals surface area contributed by atoms with Gasteiger partial charge in [-0.2, -0.15) is 0 Å². The summed E-state index contributed by atoms with van der Waals surface area (Å²) in [5, 5.41) is 0. The van der Waals surface area contributed by atoms with Gasteiger partial charge in [0.25, 0.3) is 0 Å². The molecule has 0 aromatic heterocycles. The van der Waals surface area contributed by atoms with E-state index in [1.54, 1.807) is 0 Å². The molecular formula is C18H28O2. The van der Waals surface area contributed by atoms with E-state index in [1.807, 2.05) is 24.3 Å². The van der Waals surface area contributed by atoms with E-state index < -0.39 is 0 Å². The number of unbranched alkanes of at least 4 members (excludes halogenated alkanes) is 6. The van der Waals surface area contributed by atoms with Crippen LogP contribution in [0.1, 0.15) is 74.7 Å². The maximum atomic E-state index is 11.8. The van der Waals surface area contributed by atoms with Gasteiger partial charge in [0.1, 0.15) is 0 Å². The van der Waals surface area contributed by atoms with Gasteiger partial charge in [0, 0.05) is 0 Å². The molecule has 0 aliphatic rings. The van der Waals surface area contributed by atoms with Gasteiger partial charge in [0.15, 0.2) is 0 Å². The molecule has 0 saturated carbocycles. The number of carbonyl (C=O) groups is 1. The molecule has 0 heterocycles. The van der Waals surface area contributed by atoms with Crippen LogP contribution in [0.4, 0.5) is 0 Å². The normalized spacial score (nSPS) is 10.5. The number of esters is 1. The number of carbonyl (C=O) groups excluding carboxylic acids is 1. The summed E-state index contributed by atoms with van der Waals surface area (Å²) in [6.07, 6.45) is 9.64. The third kappa shape index (κ3) is 6.74. The van der Waals surface area contributed by atoms with E-state index >= 15 is 0 Å². The fourth-order valence-corrected chi connectivity index (χ4v) is 2.18. The van der Waals surface area contributed by atoms with Gasteiger partial charge in [-0.15, -0.1) is 0 Å². The van der Waals surface area contributed by atoms with Crippen LogP contribution in [0, 0.1) is 0 Å². The minimum atomic E-state index is -0.196. The lowest BCUT2D eigenvalue weighted by Gasteiger charge is -2.05. The Morgan fingerprint density at radius 3 is 2.10 bits per heavy atom. The maximum absolute atomic E-state index is 11.8. The van der Waals surface area contributed by atoms with Crippen molar-refractivity contribution in [3.8, 4) is 0 Å². The molecule has 1 rings (SSSR count). The Bertz CT molecular complexity index is 368. The maximum Gasteiger partial charge on any atom is 0.338 e. The first-order chi connectivity index (χ1) is 9.77. The Balaban J connectivity index is 2.10.